The number of aryl methyl sites for hydroxylation is 1. The number of carbonyl (C=O) groups excluding carboxylic acids is 2. The molecule has 3 heterocycles. The number of benzene rings is 3. The zero-order valence-corrected chi connectivity index (χ0v) is 25.2. The first kappa shape index (κ1) is 30.0. The van der Waals surface area contributed by atoms with Crippen LogP contribution in [0.15, 0.2) is 97.3 Å². The highest BCUT2D eigenvalue weighted by Gasteiger charge is 2.51. The lowest BCUT2D eigenvalue weighted by Gasteiger charge is -2.27. The number of carbonyl (C=O) groups is 2. The van der Waals surface area contributed by atoms with E-state index >= 15 is 0 Å². The number of nitrogens with zero attached hydrogens (tertiary/aromatic N) is 4. The molecule has 45 heavy (non-hydrogen) atoms. The third-order valence-corrected chi connectivity index (χ3v) is 8.62. The summed E-state index contributed by atoms with van der Waals surface area (Å²) in [4.78, 5) is 31.0. The molecule has 3 atom stereocenters. The highest BCUT2D eigenvalue weighted by Crippen LogP contribution is 2.45. The van der Waals surface area contributed by atoms with E-state index in [1.165, 1.54) is 4.90 Å². The Morgan fingerprint density at radius 1 is 1.11 bits per heavy atom. The summed E-state index contributed by atoms with van der Waals surface area (Å²) in [5.74, 6) is -1.42. The molecule has 5 aromatic rings. The molecule has 0 saturated carbocycles. The van der Waals surface area contributed by atoms with Crippen LogP contribution in [-0.4, -0.2) is 55.7 Å². The number of aromatic nitrogens is 4. The first-order valence-corrected chi connectivity index (χ1v) is 15.0. The maximum Gasteiger partial charge on any atom is 0.264 e. The van der Waals surface area contributed by atoms with E-state index in [1.54, 1.807) is 36.9 Å². The SMILES string of the molecule is C[C@@H](/C=C/CCn1cc(C(CO)c2ccccc2)nn1)[C@]1(O)C(=O)N(C)c2ccc(NC(=O)Cc3c[nH]c4ccccc34)cc21. The Hall–Kier alpha value is -5.06. The summed E-state index contributed by atoms with van der Waals surface area (Å²) in [5.41, 5.74) is 3.29. The lowest BCUT2D eigenvalue weighted by Crippen LogP contribution is -2.43. The van der Waals surface area contributed by atoms with Crippen LogP contribution in [0.1, 0.15) is 41.6 Å². The second-order valence-corrected chi connectivity index (χ2v) is 11.5. The van der Waals surface area contributed by atoms with Gasteiger partial charge < -0.3 is 25.4 Å². The summed E-state index contributed by atoms with van der Waals surface area (Å²) >= 11 is 0. The molecule has 2 aromatic heterocycles. The van der Waals surface area contributed by atoms with Gasteiger partial charge in [-0.3, -0.25) is 14.3 Å². The van der Waals surface area contributed by atoms with Gasteiger partial charge in [0.25, 0.3) is 5.91 Å². The average molecular weight is 605 g/mol. The Morgan fingerprint density at radius 3 is 2.69 bits per heavy atom. The third-order valence-electron chi connectivity index (χ3n) is 8.62. The van der Waals surface area contributed by atoms with Crippen LogP contribution in [-0.2, 0) is 28.2 Å². The molecule has 1 unspecified atom stereocenters. The first-order valence-electron chi connectivity index (χ1n) is 15.0. The number of para-hydroxylation sites is 1. The van der Waals surface area contributed by atoms with Crippen molar-refractivity contribution in [2.24, 2.45) is 5.92 Å². The number of nitrogens with one attached hydrogen (secondary N) is 2. The van der Waals surface area contributed by atoms with Gasteiger partial charge in [0.05, 0.1) is 30.3 Å². The second-order valence-electron chi connectivity index (χ2n) is 11.5. The molecule has 4 N–H and O–H groups in total. The molecule has 6 rings (SSSR count). The van der Waals surface area contributed by atoms with Gasteiger partial charge in [-0.2, -0.15) is 0 Å². The van der Waals surface area contributed by atoms with Gasteiger partial charge in [-0.1, -0.05) is 72.8 Å². The highest BCUT2D eigenvalue weighted by atomic mass is 16.3. The van der Waals surface area contributed by atoms with Gasteiger partial charge in [0, 0.05) is 54.1 Å². The van der Waals surface area contributed by atoms with Gasteiger partial charge in [-0.15, -0.1) is 5.10 Å². The number of hydrogen-bond donors (Lipinski definition) is 4. The van der Waals surface area contributed by atoms with E-state index in [0.717, 1.165) is 22.0 Å². The Morgan fingerprint density at radius 2 is 1.89 bits per heavy atom. The monoisotopic (exact) mass is 604 g/mol. The van der Waals surface area contributed by atoms with E-state index in [4.69, 9.17) is 0 Å². The van der Waals surface area contributed by atoms with Gasteiger partial charge in [0.15, 0.2) is 5.60 Å². The van der Waals surface area contributed by atoms with E-state index in [2.05, 4.69) is 20.6 Å². The molecule has 230 valence electrons. The van der Waals surface area contributed by atoms with Crippen molar-refractivity contribution in [3.05, 3.63) is 120 Å². The molecule has 0 radical (unpaired) electrons. The number of aromatic amines is 1. The van der Waals surface area contributed by atoms with Crippen molar-refractivity contribution in [1.29, 1.82) is 0 Å². The minimum Gasteiger partial charge on any atom is -0.395 e. The lowest BCUT2D eigenvalue weighted by molar-refractivity contribution is -0.139. The number of aliphatic hydroxyl groups is 2. The van der Waals surface area contributed by atoms with Crippen LogP contribution in [0.5, 0.6) is 0 Å². The molecule has 0 spiro atoms. The first-order chi connectivity index (χ1) is 21.8. The van der Waals surface area contributed by atoms with E-state index in [1.807, 2.05) is 79.1 Å². The Balaban J connectivity index is 1.12. The van der Waals surface area contributed by atoms with Crippen molar-refractivity contribution < 1.29 is 19.8 Å². The van der Waals surface area contributed by atoms with Crippen molar-refractivity contribution in [3.63, 3.8) is 0 Å². The molecule has 10 nitrogen and oxygen atoms in total. The number of amides is 2. The molecular formula is C35H36N6O4. The van der Waals surface area contributed by atoms with Gasteiger partial charge in [-0.25, -0.2) is 0 Å². The van der Waals surface area contributed by atoms with Crippen LogP contribution in [0.2, 0.25) is 0 Å². The lowest BCUT2D eigenvalue weighted by atomic mass is 9.82. The van der Waals surface area contributed by atoms with Gasteiger partial charge in [-0.05, 0) is 41.8 Å². The smallest absolute Gasteiger partial charge is 0.264 e. The maximum absolute atomic E-state index is 13.4. The molecule has 10 heteroatoms. The van der Waals surface area contributed by atoms with Crippen LogP contribution >= 0.6 is 0 Å². The summed E-state index contributed by atoms with van der Waals surface area (Å²) < 4.78 is 1.72. The number of H-pyrrole nitrogens is 1. The van der Waals surface area contributed by atoms with Crippen molar-refractivity contribution in [2.75, 3.05) is 23.9 Å². The highest BCUT2D eigenvalue weighted by molar-refractivity contribution is 6.07. The molecule has 1 aliphatic rings. The number of rotatable bonds is 11. The normalized spacial score (nSPS) is 17.6. The fourth-order valence-corrected chi connectivity index (χ4v) is 6.07. The van der Waals surface area contributed by atoms with Crippen LogP contribution in [0.25, 0.3) is 10.9 Å². The van der Waals surface area contributed by atoms with Gasteiger partial charge >= 0.3 is 0 Å². The quantitative estimate of drug-likeness (QED) is 0.164. The molecule has 3 aromatic carbocycles. The van der Waals surface area contributed by atoms with Gasteiger partial charge in [0.2, 0.25) is 5.91 Å². The van der Waals surface area contributed by atoms with E-state index in [0.29, 0.717) is 35.6 Å². The Bertz CT molecular complexity index is 1860. The summed E-state index contributed by atoms with van der Waals surface area (Å²) in [6.07, 6.45) is 8.21. The fourth-order valence-electron chi connectivity index (χ4n) is 6.07. The van der Waals surface area contributed by atoms with Crippen molar-refractivity contribution >= 4 is 34.1 Å². The topological polar surface area (TPSA) is 136 Å². The molecule has 1 aliphatic heterocycles. The molecule has 0 fully saturated rings. The van der Waals surface area contributed by atoms with Crippen molar-refractivity contribution in [1.82, 2.24) is 20.0 Å². The zero-order chi connectivity index (χ0) is 31.6. The van der Waals surface area contributed by atoms with Crippen molar-refractivity contribution in [3.8, 4) is 0 Å². The summed E-state index contributed by atoms with van der Waals surface area (Å²) in [5, 5.41) is 34.2. The molecule has 2 amide bonds. The Labute approximate surface area is 261 Å². The van der Waals surface area contributed by atoms with E-state index in [-0.39, 0.29) is 24.9 Å². The number of hydrogen-bond acceptors (Lipinski definition) is 6. The number of aliphatic hydroxyl groups excluding tert-OH is 1. The predicted molar refractivity (Wildman–Crippen MR) is 173 cm³/mol. The molecule has 0 bridgehead atoms. The van der Waals surface area contributed by atoms with Crippen LogP contribution < -0.4 is 10.2 Å². The van der Waals surface area contributed by atoms with Crippen LogP contribution in [0.3, 0.4) is 0 Å². The predicted octanol–water partition coefficient (Wildman–Crippen LogP) is 4.51. The molecular weight excluding hydrogens is 568 g/mol. The number of anilines is 2. The summed E-state index contributed by atoms with van der Waals surface area (Å²) in [7, 11) is 1.64. The minimum absolute atomic E-state index is 0.0713. The number of fused-ring (bicyclic) bond motifs is 2. The van der Waals surface area contributed by atoms with Crippen molar-refractivity contribution in [2.45, 2.75) is 37.8 Å². The van der Waals surface area contributed by atoms with Gasteiger partial charge in [0.1, 0.15) is 0 Å². The number of likely N-dealkylation sites (N-methyl/N-ethyl adjacent to an activating group) is 1. The maximum atomic E-state index is 13.4. The standard InChI is InChI=1S/C35H36N6O4/c1-23(10-8-9-17-41-21-31(38-39-41)28(22-42)24-11-4-3-5-12-24)35(45)29-19-26(15-16-32(29)40(2)34(35)44)37-33(43)18-25-20-36-30-14-7-6-13-27(25)30/h3-8,10-16,19-21,23,28,36,42,45H,9,17-18,22H2,1-2H3,(H,37,43)/b10-8+/t23-,28?,35+/m0/s1. The average Bonchev–Trinajstić information content (AvgIpc) is 3.74. The van der Waals surface area contributed by atoms with Crippen LogP contribution in [0, 0.1) is 5.92 Å². The second kappa shape index (κ2) is 12.5. The van der Waals surface area contributed by atoms with E-state index < -0.39 is 17.4 Å². The third kappa shape index (κ3) is 5.77. The zero-order valence-electron chi connectivity index (χ0n) is 25.2. The minimum atomic E-state index is -1.79. The van der Waals surface area contributed by atoms with E-state index in [9.17, 15) is 19.8 Å². The summed E-state index contributed by atoms with van der Waals surface area (Å²) in [6.45, 7) is 2.27. The molecule has 0 aliphatic carbocycles. The number of allylic oxidation sites excluding steroid dienone is 1. The molecule has 0 saturated heterocycles. The fraction of sp³-hybridized carbons (Fsp3) is 0.257. The summed E-state index contributed by atoms with van der Waals surface area (Å²) in [6, 6.07) is 22.7. The Kier molecular flexibility index (Phi) is 8.34. The largest absolute Gasteiger partial charge is 0.395 e. The van der Waals surface area contributed by atoms with Crippen LogP contribution in [0.4, 0.5) is 11.4 Å².